The molecule has 0 heterocycles. The Morgan fingerprint density at radius 2 is 2.08 bits per heavy atom. The third-order valence-electron chi connectivity index (χ3n) is 3.35. The average Bonchev–Trinajstić information content (AvgIpc) is 2.10. The topological polar surface area (TPSA) is 0 Å². The molecule has 0 aromatic heterocycles. The lowest BCUT2D eigenvalue weighted by Crippen LogP contribution is -2.35. The fraction of sp³-hybridized carbons (Fsp3) is 1.00. The molecule has 0 saturated heterocycles. The molecule has 1 aliphatic carbocycles. The van der Waals surface area contributed by atoms with E-state index in [0.29, 0.717) is 5.92 Å². The van der Waals surface area contributed by atoms with Crippen molar-refractivity contribution in [3.8, 4) is 0 Å². The molecule has 0 spiro atoms. The molecule has 1 rings (SSSR count). The summed E-state index contributed by atoms with van der Waals surface area (Å²) in [4.78, 5) is 0. The molecule has 0 radical (unpaired) electrons. The molecule has 1 heteroatoms. The van der Waals surface area contributed by atoms with Crippen molar-refractivity contribution >= 4 is 0 Å². The number of rotatable bonds is 3. The van der Waals surface area contributed by atoms with Gasteiger partial charge in [-0.25, -0.2) is 4.39 Å². The van der Waals surface area contributed by atoms with Gasteiger partial charge in [0.2, 0.25) is 0 Å². The highest BCUT2D eigenvalue weighted by molar-refractivity contribution is 4.88. The van der Waals surface area contributed by atoms with Crippen LogP contribution in [0.25, 0.3) is 0 Å². The van der Waals surface area contributed by atoms with E-state index in [2.05, 4.69) is 6.92 Å². The molecule has 12 heavy (non-hydrogen) atoms. The summed E-state index contributed by atoms with van der Waals surface area (Å²) in [6, 6.07) is 0. The van der Waals surface area contributed by atoms with Crippen molar-refractivity contribution in [1.82, 2.24) is 0 Å². The van der Waals surface area contributed by atoms with Gasteiger partial charge in [-0.05, 0) is 31.6 Å². The summed E-state index contributed by atoms with van der Waals surface area (Å²) in [6.45, 7) is 4.15. The van der Waals surface area contributed by atoms with Crippen molar-refractivity contribution in [2.45, 2.75) is 64.5 Å². The first-order valence-electron chi connectivity index (χ1n) is 5.42. The predicted molar refractivity (Wildman–Crippen MR) is 51.0 cm³/mol. The Morgan fingerprint density at radius 3 is 2.67 bits per heavy atom. The molecule has 0 N–H and O–H groups in total. The van der Waals surface area contributed by atoms with E-state index < -0.39 is 5.67 Å². The smallest absolute Gasteiger partial charge is 0.113 e. The molecule has 2 atom stereocenters. The lowest BCUT2D eigenvalue weighted by atomic mass is 9.73. The summed E-state index contributed by atoms with van der Waals surface area (Å²) in [7, 11) is 0. The first-order chi connectivity index (χ1) is 5.73. The molecule has 0 bridgehead atoms. The highest BCUT2D eigenvalue weighted by atomic mass is 19.1. The zero-order valence-corrected chi connectivity index (χ0v) is 8.41. The standard InChI is InChI=1S/C11H21F/c1-3-7-10-8-5-6-9-11(10,12)4-2/h10H,3-9H2,1-2H3. The Balaban J connectivity index is 2.53. The third-order valence-corrected chi connectivity index (χ3v) is 3.35. The van der Waals surface area contributed by atoms with E-state index in [1.54, 1.807) is 0 Å². The number of halogens is 1. The van der Waals surface area contributed by atoms with Gasteiger partial charge < -0.3 is 0 Å². The van der Waals surface area contributed by atoms with Crippen molar-refractivity contribution in [2.24, 2.45) is 5.92 Å². The normalized spacial score (nSPS) is 36.8. The molecule has 1 saturated carbocycles. The van der Waals surface area contributed by atoms with E-state index in [4.69, 9.17) is 0 Å². The van der Waals surface area contributed by atoms with Crippen LogP contribution in [-0.4, -0.2) is 5.67 Å². The van der Waals surface area contributed by atoms with Gasteiger partial charge in [0, 0.05) is 0 Å². The average molecular weight is 172 g/mol. The Kier molecular flexibility index (Phi) is 3.54. The first kappa shape index (κ1) is 10.0. The second kappa shape index (κ2) is 4.25. The van der Waals surface area contributed by atoms with Gasteiger partial charge in [0.1, 0.15) is 5.67 Å². The Labute approximate surface area is 75.5 Å². The van der Waals surface area contributed by atoms with Gasteiger partial charge in [0.05, 0.1) is 0 Å². The van der Waals surface area contributed by atoms with Gasteiger partial charge >= 0.3 is 0 Å². The molecule has 0 amide bonds. The van der Waals surface area contributed by atoms with Crippen molar-refractivity contribution in [1.29, 1.82) is 0 Å². The molecular weight excluding hydrogens is 151 g/mol. The van der Waals surface area contributed by atoms with Gasteiger partial charge in [-0.3, -0.25) is 0 Å². The van der Waals surface area contributed by atoms with Gasteiger partial charge in [-0.2, -0.15) is 0 Å². The Bertz CT molecular complexity index is 131. The van der Waals surface area contributed by atoms with Gasteiger partial charge in [-0.1, -0.05) is 33.1 Å². The molecule has 1 aliphatic rings. The van der Waals surface area contributed by atoms with Crippen molar-refractivity contribution in [2.75, 3.05) is 0 Å². The van der Waals surface area contributed by atoms with Crippen LogP contribution in [0.4, 0.5) is 4.39 Å². The molecule has 0 aromatic rings. The van der Waals surface area contributed by atoms with Crippen LogP contribution in [0.15, 0.2) is 0 Å². The van der Waals surface area contributed by atoms with Crippen LogP contribution in [0.2, 0.25) is 0 Å². The Hall–Kier alpha value is -0.0700. The molecule has 0 aliphatic heterocycles. The van der Waals surface area contributed by atoms with Gasteiger partial charge in [0.15, 0.2) is 0 Å². The molecule has 0 aromatic carbocycles. The van der Waals surface area contributed by atoms with Crippen LogP contribution in [0, 0.1) is 5.92 Å². The summed E-state index contributed by atoms with van der Waals surface area (Å²) in [5.74, 6) is 0.362. The van der Waals surface area contributed by atoms with E-state index in [1.807, 2.05) is 6.92 Å². The molecule has 72 valence electrons. The summed E-state index contributed by atoms with van der Waals surface area (Å²) < 4.78 is 14.2. The van der Waals surface area contributed by atoms with E-state index in [9.17, 15) is 4.39 Å². The largest absolute Gasteiger partial charge is 0.244 e. The first-order valence-corrected chi connectivity index (χ1v) is 5.42. The van der Waals surface area contributed by atoms with E-state index in [0.717, 1.165) is 38.5 Å². The third kappa shape index (κ3) is 1.99. The summed E-state index contributed by atoms with van der Waals surface area (Å²) >= 11 is 0. The van der Waals surface area contributed by atoms with Gasteiger partial charge in [0.25, 0.3) is 0 Å². The molecular formula is C11H21F. The van der Waals surface area contributed by atoms with Crippen LogP contribution in [0.1, 0.15) is 58.8 Å². The number of alkyl halides is 1. The van der Waals surface area contributed by atoms with Crippen LogP contribution in [0.3, 0.4) is 0 Å². The lowest BCUT2D eigenvalue weighted by molar-refractivity contribution is 0.0289. The van der Waals surface area contributed by atoms with E-state index in [-0.39, 0.29) is 0 Å². The van der Waals surface area contributed by atoms with Crippen LogP contribution in [0.5, 0.6) is 0 Å². The highest BCUT2D eigenvalue weighted by Crippen LogP contribution is 2.41. The maximum atomic E-state index is 14.2. The SMILES string of the molecule is CCCC1CCCCC1(F)CC. The summed E-state index contributed by atoms with van der Waals surface area (Å²) in [6.07, 6.45) is 7.23. The van der Waals surface area contributed by atoms with Crippen molar-refractivity contribution in [3.63, 3.8) is 0 Å². The fourth-order valence-electron chi connectivity index (χ4n) is 2.49. The van der Waals surface area contributed by atoms with Crippen LogP contribution < -0.4 is 0 Å². The quantitative estimate of drug-likeness (QED) is 0.601. The van der Waals surface area contributed by atoms with Crippen molar-refractivity contribution in [3.05, 3.63) is 0 Å². The minimum atomic E-state index is -0.811. The second-order valence-corrected chi connectivity index (χ2v) is 4.12. The van der Waals surface area contributed by atoms with Crippen molar-refractivity contribution < 1.29 is 4.39 Å². The molecule has 0 nitrogen and oxygen atoms in total. The predicted octanol–water partition coefficient (Wildman–Crippen LogP) is 4.10. The summed E-state index contributed by atoms with van der Waals surface area (Å²) in [5.41, 5.74) is -0.811. The van der Waals surface area contributed by atoms with Gasteiger partial charge in [-0.15, -0.1) is 0 Å². The highest BCUT2D eigenvalue weighted by Gasteiger charge is 2.38. The maximum absolute atomic E-state index is 14.2. The zero-order valence-electron chi connectivity index (χ0n) is 8.41. The summed E-state index contributed by atoms with van der Waals surface area (Å²) in [5, 5.41) is 0. The van der Waals surface area contributed by atoms with Crippen LogP contribution >= 0.6 is 0 Å². The monoisotopic (exact) mass is 172 g/mol. The lowest BCUT2D eigenvalue weighted by Gasteiger charge is -2.37. The fourth-order valence-corrected chi connectivity index (χ4v) is 2.49. The number of hydrogen-bond donors (Lipinski definition) is 0. The minimum absolute atomic E-state index is 0.362. The van der Waals surface area contributed by atoms with Crippen LogP contribution in [-0.2, 0) is 0 Å². The second-order valence-electron chi connectivity index (χ2n) is 4.12. The Morgan fingerprint density at radius 1 is 1.33 bits per heavy atom. The molecule has 1 fully saturated rings. The van der Waals surface area contributed by atoms with E-state index in [1.165, 1.54) is 6.42 Å². The number of hydrogen-bond acceptors (Lipinski definition) is 0. The minimum Gasteiger partial charge on any atom is -0.244 e. The maximum Gasteiger partial charge on any atom is 0.113 e. The van der Waals surface area contributed by atoms with E-state index >= 15 is 0 Å². The molecule has 2 unspecified atom stereocenters. The zero-order chi connectivity index (χ0) is 9.03.